The maximum atomic E-state index is 12.3. The van der Waals surface area contributed by atoms with Crippen LogP contribution in [0, 0.1) is 5.92 Å². The van der Waals surface area contributed by atoms with Crippen LogP contribution in [-0.2, 0) is 9.59 Å². The summed E-state index contributed by atoms with van der Waals surface area (Å²) in [6.07, 6.45) is 1.73. The zero-order valence-electron chi connectivity index (χ0n) is 11.1. The van der Waals surface area contributed by atoms with Crippen molar-refractivity contribution in [3.63, 3.8) is 0 Å². The molecule has 1 saturated heterocycles. The van der Waals surface area contributed by atoms with Gasteiger partial charge in [-0.05, 0) is 12.3 Å². The minimum Gasteiger partial charge on any atom is -0.480 e. The molecule has 0 saturated carbocycles. The summed E-state index contributed by atoms with van der Waals surface area (Å²) in [6, 6.07) is -1.35. The Bertz CT molecular complexity index is 322. The third kappa shape index (κ3) is 3.17. The molecule has 2 unspecified atom stereocenters. The molecule has 3 atom stereocenters. The predicted molar refractivity (Wildman–Crippen MR) is 72.2 cm³/mol. The van der Waals surface area contributed by atoms with Gasteiger partial charge in [-0.25, -0.2) is 4.79 Å². The molecule has 1 heterocycles. The van der Waals surface area contributed by atoms with Gasteiger partial charge < -0.3 is 15.7 Å². The molecule has 0 bridgehead atoms. The third-order valence-corrected chi connectivity index (χ3v) is 4.53. The number of thioether (sulfide) groups is 1. The van der Waals surface area contributed by atoms with Crippen LogP contribution in [0.25, 0.3) is 0 Å². The van der Waals surface area contributed by atoms with E-state index in [-0.39, 0.29) is 17.2 Å². The molecule has 0 spiro atoms. The number of carboxylic acids is 1. The maximum absolute atomic E-state index is 12.3. The van der Waals surface area contributed by atoms with E-state index in [1.54, 1.807) is 0 Å². The molecular weight excluding hydrogens is 252 g/mol. The first kappa shape index (κ1) is 15.3. The Kier molecular flexibility index (Phi) is 5.47. The van der Waals surface area contributed by atoms with Crippen LogP contribution in [0.2, 0.25) is 0 Å². The lowest BCUT2D eigenvalue weighted by atomic mass is 10.0. The van der Waals surface area contributed by atoms with Gasteiger partial charge in [0, 0.05) is 5.75 Å². The van der Waals surface area contributed by atoms with E-state index in [2.05, 4.69) is 0 Å². The number of carboxylic acid groups (broad SMARTS) is 1. The van der Waals surface area contributed by atoms with Gasteiger partial charge in [0.1, 0.15) is 6.04 Å². The van der Waals surface area contributed by atoms with Gasteiger partial charge in [0.15, 0.2) is 0 Å². The fourth-order valence-electron chi connectivity index (χ4n) is 1.98. The molecule has 104 valence electrons. The van der Waals surface area contributed by atoms with Crippen molar-refractivity contribution in [1.29, 1.82) is 0 Å². The SMILES string of the molecule is CCCC1SCC(C(=O)O)N1C(=O)[C@H](N)C(C)C. The van der Waals surface area contributed by atoms with Crippen molar-refractivity contribution in [2.45, 2.75) is 51.1 Å². The van der Waals surface area contributed by atoms with E-state index in [1.807, 2.05) is 20.8 Å². The number of hydrogen-bond donors (Lipinski definition) is 2. The molecule has 1 fully saturated rings. The molecule has 1 amide bonds. The topological polar surface area (TPSA) is 83.6 Å². The van der Waals surface area contributed by atoms with Crippen LogP contribution in [0.15, 0.2) is 0 Å². The van der Waals surface area contributed by atoms with Gasteiger partial charge >= 0.3 is 5.97 Å². The minimum absolute atomic E-state index is 0.0137. The summed E-state index contributed by atoms with van der Waals surface area (Å²) >= 11 is 1.54. The number of nitrogens with zero attached hydrogens (tertiary/aromatic N) is 1. The van der Waals surface area contributed by atoms with Crippen molar-refractivity contribution in [3.8, 4) is 0 Å². The number of nitrogens with two attached hydrogens (primary N) is 1. The highest BCUT2D eigenvalue weighted by molar-refractivity contribution is 8.00. The Balaban J connectivity index is 2.89. The largest absolute Gasteiger partial charge is 0.480 e. The van der Waals surface area contributed by atoms with Gasteiger partial charge in [0.25, 0.3) is 0 Å². The van der Waals surface area contributed by atoms with Gasteiger partial charge in [-0.3, -0.25) is 4.79 Å². The van der Waals surface area contributed by atoms with Crippen molar-refractivity contribution >= 4 is 23.6 Å². The summed E-state index contributed by atoms with van der Waals surface area (Å²) in [5.41, 5.74) is 5.87. The van der Waals surface area contributed by atoms with E-state index in [1.165, 1.54) is 16.7 Å². The second kappa shape index (κ2) is 6.43. The number of aliphatic carboxylic acids is 1. The van der Waals surface area contributed by atoms with E-state index in [0.717, 1.165) is 12.8 Å². The first-order valence-corrected chi connectivity index (χ1v) is 7.37. The number of amides is 1. The standard InChI is InChI=1S/C12H22N2O3S/c1-4-5-9-14(8(6-18-9)12(16)17)11(15)10(13)7(2)3/h7-10H,4-6,13H2,1-3H3,(H,16,17)/t8?,9?,10-/m1/s1. The summed E-state index contributed by atoms with van der Waals surface area (Å²) in [5.74, 6) is -0.706. The van der Waals surface area contributed by atoms with Crippen LogP contribution in [0.3, 0.4) is 0 Å². The molecule has 1 rings (SSSR count). The van der Waals surface area contributed by atoms with Crippen LogP contribution in [0.4, 0.5) is 0 Å². The lowest BCUT2D eigenvalue weighted by Crippen LogP contribution is -2.53. The molecule has 3 N–H and O–H groups in total. The molecule has 0 aromatic heterocycles. The second-order valence-corrected chi connectivity index (χ2v) is 6.16. The maximum Gasteiger partial charge on any atom is 0.327 e. The summed E-state index contributed by atoms with van der Waals surface area (Å²) in [7, 11) is 0. The van der Waals surface area contributed by atoms with E-state index in [9.17, 15) is 14.7 Å². The van der Waals surface area contributed by atoms with Gasteiger partial charge in [-0.15, -0.1) is 11.8 Å². The molecule has 1 aliphatic heterocycles. The quantitative estimate of drug-likeness (QED) is 0.785. The van der Waals surface area contributed by atoms with E-state index in [0.29, 0.717) is 5.75 Å². The predicted octanol–water partition coefficient (Wildman–Crippen LogP) is 1.12. The average Bonchev–Trinajstić information content (AvgIpc) is 2.71. The monoisotopic (exact) mass is 274 g/mol. The minimum atomic E-state index is -0.939. The molecule has 0 aromatic carbocycles. The molecule has 1 aliphatic rings. The lowest BCUT2D eigenvalue weighted by molar-refractivity contribution is -0.150. The summed E-state index contributed by atoms with van der Waals surface area (Å²) < 4.78 is 0. The molecule has 0 aliphatic carbocycles. The Hall–Kier alpha value is -0.750. The smallest absolute Gasteiger partial charge is 0.327 e. The van der Waals surface area contributed by atoms with Gasteiger partial charge in [-0.2, -0.15) is 0 Å². The van der Waals surface area contributed by atoms with E-state index >= 15 is 0 Å². The first-order chi connectivity index (χ1) is 8.40. The van der Waals surface area contributed by atoms with Crippen LogP contribution < -0.4 is 5.73 Å². The van der Waals surface area contributed by atoms with Crippen LogP contribution >= 0.6 is 11.8 Å². The Labute approximate surface area is 112 Å². The summed E-state index contributed by atoms with van der Waals surface area (Å²) in [4.78, 5) is 25.0. The van der Waals surface area contributed by atoms with Crippen molar-refractivity contribution in [1.82, 2.24) is 4.90 Å². The Morgan fingerprint density at radius 2 is 2.11 bits per heavy atom. The highest BCUT2D eigenvalue weighted by Crippen LogP contribution is 2.33. The number of carbonyl (C=O) groups excluding carboxylic acids is 1. The molecule has 0 radical (unpaired) electrons. The first-order valence-electron chi connectivity index (χ1n) is 6.32. The fourth-order valence-corrected chi connectivity index (χ4v) is 3.50. The summed E-state index contributed by atoms with van der Waals surface area (Å²) in [5, 5.41) is 9.14. The van der Waals surface area contributed by atoms with E-state index < -0.39 is 18.1 Å². The van der Waals surface area contributed by atoms with Crippen molar-refractivity contribution in [3.05, 3.63) is 0 Å². The zero-order chi connectivity index (χ0) is 13.9. The van der Waals surface area contributed by atoms with Crippen molar-refractivity contribution < 1.29 is 14.7 Å². The van der Waals surface area contributed by atoms with Crippen molar-refractivity contribution in [2.75, 3.05) is 5.75 Å². The number of hydrogen-bond acceptors (Lipinski definition) is 4. The van der Waals surface area contributed by atoms with Crippen LogP contribution in [-0.4, -0.2) is 45.1 Å². The van der Waals surface area contributed by atoms with Gasteiger partial charge in [0.05, 0.1) is 11.4 Å². The molecular formula is C12H22N2O3S. The number of rotatable bonds is 5. The molecule has 18 heavy (non-hydrogen) atoms. The van der Waals surface area contributed by atoms with Gasteiger partial charge in [-0.1, -0.05) is 27.2 Å². The third-order valence-electron chi connectivity index (χ3n) is 3.17. The zero-order valence-corrected chi connectivity index (χ0v) is 11.9. The average molecular weight is 274 g/mol. The molecule has 5 nitrogen and oxygen atoms in total. The molecule has 0 aromatic rings. The Morgan fingerprint density at radius 3 is 2.56 bits per heavy atom. The highest BCUT2D eigenvalue weighted by atomic mass is 32.2. The normalized spacial score (nSPS) is 25.5. The second-order valence-electron chi connectivity index (χ2n) is 4.95. The van der Waals surface area contributed by atoms with Crippen LogP contribution in [0.1, 0.15) is 33.6 Å². The Morgan fingerprint density at radius 1 is 1.50 bits per heavy atom. The summed E-state index contributed by atoms with van der Waals surface area (Å²) in [6.45, 7) is 5.77. The molecule has 6 heteroatoms. The van der Waals surface area contributed by atoms with Gasteiger partial charge in [0.2, 0.25) is 5.91 Å². The number of carbonyl (C=O) groups is 2. The van der Waals surface area contributed by atoms with Crippen LogP contribution in [0.5, 0.6) is 0 Å². The van der Waals surface area contributed by atoms with E-state index in [4.69, 9.17) is 5.73 Å². The lowest BCUT2D eigenvalue weighted by Gasteiger charge is -2.30. The van der Waals surface area contributed by atoms with Crippen molar-refractivity contribution in [2.24, 2.45) is 11.7 Å². The highest BCUT2D eigenvalue weighted by Gasteiger charge is 2.42. The fraction of sp³-hybridized carbons (Fsp3) is 0.833.